The Hall–Kier alpha value is -1.29. The van der Waals surface area contributed by atoms with Crippen LogP contribution in [0.2, 0.25) is 0 Å². The zero-order valence-corrected chi connectivity index (χ0v) is 17.2. The van der Waals surface area contributed by atoms with Gasteiger partial charge in [-0.2, -0.15) is 0 Å². The molecule has 1 aromatic rings. The number of halogens is 1. The molecule has 0 radical (unpaired) electrons. The summed E-state index contributed by atoms with van der Waals surface area (Å²) in [5.41, 5.74) is 0.866. The van der Waals surface area contributed by atoms with Crippen molar-refractivity contribution in [2.75, 3.05) is 29.8 Å². The molecule has 2 aliphatic rings. The van der Waals surface area contributed by atoms with Crippen molar-refractivity contribution < 1.29 is 18.8 Å². The van der Waals surface area contributed by atoms with Crippen LogP contribution in [0.15, 0.2) is 23.2 Å². The number of rotatable bonds is 6. The molecule has 3 rings (SSSR count). The van der Waals surface area contributed by atoms with Crippen LogP contribution in [-0.4, -0.2) is 45.9 Å². The normalized spacial score (nSPS) is 22.7. The smallest absolute Gasteiger partial charge is 0.223 e. The molecule has 27 heavy (non-hydrogen) atoms. The topological polar surface area (TPSA) is 84.8 Å². The van der Waals surface area contributed by atoms with E-state index in [0.717, 1.165) is 23.6 Å². The first kappa shape index (κ1) is 20.4. The van der Waals surface area contributed by atoms with E-state index in [4.69, 9.17) is 0 Å². The number of hydrogen-bond donors (Lipinski definition) is 4. The number of benzene rings is 1. The van der Waals surface area contributed by atoms with Crippen LogP contribution >= 0.6 is 11.8 Å². The molecule has 0 aromatic heterocycles. The van der Waals surface area contributed by atoms with Gasteiger partial charge in [-0.3, -0.25) is 9.03 Å². The number of thioether (sulfide) groups is 1. The average Bonchev–Trinajstić information content (AvgIpc) is 2.93. The molecule has 0 bridgehead atoms. The van der Waals surface area contributed by atoms with Crippen molar-refractivity contribution in [1.82, 2.24) is 10.0 Å². The molecular weight excluding hydrogens is 389 g/mol. The highest BCUT2D eigenvalue weighted by Crippen LogP contribution is 2.42. The van der Waals surface area contributed by atoms with E-state index in [0.29, 0.717) is 17.7 Å². The number of aliphatic hydroxyl groups excluding tert-OH is 1. The SMILES string of the molecule is C=C1CN(c2c(O)cc3c(c2F)CC(NCCC(C)(C)CO)CS3)S(=O)N1. The van der Waals surface area contributed by atoms with Gasteiger partial charge in [0.2, 0.25) is 11.2 Å². The van der Waals surface area contributed by atoms with E-state index in [2.05, 4.69) is 16.6 Å². The molecule has 6 nitrogen and oxygen atoms in total. The lowest BCUT2D eigenvalue weighted by molar-refractivity contribution is 0.149. The second-order valence-electron chi connectivity index (χ2n) is 7.76. The lowest BCUT2D eigenvalue weighted by atomic mass is 9.90. The Labute approximate surface area is 165 Å². The van der Waals surface area contributed by atoms with E-state index in [-0.39, 0.29) is 36.0 Å². The van der Waals surface area contributed by atoms with Gasteiger partial charge in [-0.25, -0.2) is 8.60 Å². The molecule has 9 heteroatoms. The lowest BCUT2D eigenvalue weighted by Gasteiger charge is -2.29. The first-order valence-corrected chi connectivity index (χ1v) is 11.0. The number of aromatic hydroxyl groups is 1. The average molecular weight is 416 g/mol. The van der Waals surface area contributed by atoms with E-state index >= 15 is 4.39 Å². The van der Waals surface area contributed by atoms with Crippen molar-refractivity contribution in [3.05, 3.63) is 29.7 Å². The zero-order chi connectivity index (χ0) is 19.8. The molecule has 2 unspecified atom stereocenters. The number of nitrogens with one attached hydrogen (secondary N) is 2. The predicted molar refractivity (Wildman–Crippen MR) is 108 cm³/mol. The van der Waals surface area contributed by atoms with Crippen molar-refractivity contribution in [2.24, 2.45) is 5.41 Å². The number of phenols is 1. The second-order valence-corrected chi connectivity index (χ2v) is 9.97. The van der Waals surface area contributed by atoms with Crippen LogP contribution in [0.1, 0.15) is 25.8 Å². The van der Waals surface area contributed by atoms with E-state index < -0.39 is 17.0 Å². The maximum atomic E-state index is 15.2. The predicted octanol–water partition coefficient (Wildman–Crippen LogP) is 2.05. The summed E-state index contributed by atoms with van der Waals surface area (Å²) in [4.78, 5) is 0.722. The number of nitrogens with zero attached hydrogens (tertiary/aromatic N) is 1. The van der Waals surface area contributed by atoms with E-state index in [1.54, 1.807) is 6.07 Å². The summed E-state index contributed by atoms with van der Waals surface area (Å²) in [5, 5.41) is 23.1. The molecule has 0 aliphatic carbocycles. The van der Waals surface area contributed by atoms with Crippen molar-refractivity contribution in [1.29, 1.82) is 0 Å². The van der Waals surface area contributed by atoms with Crippen molar-refractivity contribution in [3.63, 3.8) is 0 Å². The molecule has 2 heterocycles. The van der Waals surface area contributed by atoms with Crippen LogP contribution in [0.4, 0.5) is 10.1 Å². The minimum Gasteiger partial charge on any atom is -0.506 e. The van der Waals surface area contributed by atoms with Gasteiger partial charge in [-0.15, -0.1) is 11.8 Å². The number of aliphatic hydroxyl groups is 1. The molecule has 2 atom stereocenters. The minimum atomic E-state index is -1.65. The first-order chi connectivity index (χ1) is 12.7. The minimum absolute atomic E-state index is 0.0408. The molecule has 4 N–H and O–H groups in total. The molecule has 0 amide bonds. The van der Waals surface area contributed by atoms with Crippen molar-refractivity contribution in [2.45, 2.75) is 37.6 Å². The Kier molecular flexibility index (Phi) is 6.05. The van der Waals surface area contributed by atoms with Gasteiger partial charge in [0, 0.05) is 34.6 Å². The fraction of sp³-hybridized carbons (Fsp3) is 0.556. The Morgan fingerprint density at radius 1 is 1.56 bits per heavy atom. The summed E-state index contributed by atoms with van der Waals surface area (Å²) in [6, 6.07) is 1.66. The maximum absolute atomic E-state index is 15.2. The largest absolute Gasteiger partial charge is 0.506 e. The van der Waals surface area contributed by atoms with Crippen LogP contribution in [-0.2, 0) is 17.6 Å². The summed E-state index contributed by atoms with van der Waals surface area (Å²) in [5.74, 6) is 0.0444. The fourth-order valence-corrected chi connectivity index (χ4v) is 5.32. The quantitative estimate of drug-likeness (QED) is 0.572. The van der Waals surface area contributed by atoms with Crippen molar-refractivity contribution in [3.8, 4) is 5.75 Å². The number of anilines is 1. The van der Waals surface area contributed by atoms with Gasteiger partial charge in [0.25, 0.3) is 0 Å². The Morgan fingerprint density at radius 3 is 2.93 bits per heavy atom. The number of hydrogen-bond acceptors (Lipinski definition) is 5. The van der Waals surface area contributed by atoms with E-state index in [1.165, 1.54) is 16.1 Å². The van der Waals surface area contributed by atoms with Gasteiger partial charge >= 0.3 is 0 Å². The fourth-order valence-electron chi connectivity index (χ4n) is 3.12. The lowest BCUT2D eigenvalue weighted by Crippen LogP contribution is -2.38. The van der Waals surface area contributed by atoms with Crippen LogP contribution in [0, 0.1) is 11.2 Å². The van der Waals surface area contributed by atoms with E-state index in [9.17, 15) is 14.4 Å². The number of phenolic OH excluding ortho intramolecular Hbond substituents is 1. The highest BCUT2D eigenvalue weighted by atomic mass is 32.2. The summed E-state index contributed by atoms with van der Waals surface area (Å²) in [6.07, 6.45) is 1.32. The van der Waals surface area contributed by atoms with Gasteiger partial charge in [0.15, 0.2) is 5.82 Å². The van der Waals surface area contributed by atoms with Crippen LogP contribution in [0.25, 0.3) is 0 Å². The van der Waals surface area contributed by atoms with E-state index in [1.807, 2.05) is 13.8 Å². The van der Waals surface area contributed by atoms with Crippen LogP contribution < -0.4 is 14.3 Å². The standard InChI is InChI=1S/C18H26FN3O3S2/c1-11-8-22(27(25)21-11)17-14(24)7-15-13(16(17)19)6-12(9-26-15)20-5-4-18(2,3)10-23/h7,12,20-21,23-24H,1,4-6,8-10H2,2-3H3. The third-order valence-electron chi connectivity index (χ3n) is 4.85. The highest BCUT2D eigenvalue weighted by molar-refractivity contribution is 7.99. The highest BCUT2D eigenvalue weighted by Gasteiger charge is 2.33. The Bertz CT molecular complexity index is 773. The third kappa shape index (κ3) is 4.42. The monoisotopic (exact) mass is 415 g/mol. The Morgan fingerprint density at radius 2 is 2.30 bits per heavy atom. The zero-order valence-electron chi connectivity index (χ0n) is 15.5. The Balaban J connectivity index is 1.76. The summed E-state index contributed by atoms with van der Waals surface area (Å²) < 4.78 is 31.3. The first-order valence-electron chi connectivity index (χ1n) is 8.87. The van der Waals surface area contributed by atoms with Crippen LogP contribution in [0.3, 0.4) is 0 Å². The number of fused-ring (bicyclic) bond motifs is 1. The summed E-state index contributed by atoms with van der Waals surface area (Å²) >= 11 is -0.148. The van der Waals surface area contributed by atoms with Gasteiger partial charge < -0.3 is 15.5 Å². The van der Waals surface area contributed by atoms with Gasteiger partial charge in [0.05, 0.1) is 6.54 Å². The molecule has 1 saturated heterocycles. The molecule has 0 saturated carbocycles. The molecule has 1 aromatic carbocycles. The van der Waals surface area contributed by atoms with Crippen molar-refractivity contribution >= 4 is 28.6 Å². The summed E-state index contributed by atoms with van der Waals surface area (Å²) in [7, 11) is 0. The summed E-state index contributed by atoms with van der Waals surface area (Å²) in [6.45, 7) is 8.77. The molecule has 1 fully saturated rings. The molecular formula is C18H26FN3O3S2. The molecule has 150 valence electrons. The molecule has 2 aliphatic heterocycles. The third-order valence-corrected chi connectivity index (χ3v) is 7.27. The molecule has 0 spiro atoms. The van der Waals surface area contributed by atoms with Gasteiger partial charge in [0.1, 0.15) is 11.4 Å². The second kappa shape index (κ2) is 7.98. The van der Waals surface area contributed by atoms with Gasteiger partial charge in [-0.1, -0.05) is 20.4 Å². The van der Waals surface area contributed by atoms with Crippen LogP contribution in [0.5, 0.6) is 5.75 Å². The maximum Gasteiger partial charge on any atom is 0.223 e. The van der Waals surface area contributed by atoms with Gasteiger partial charge in [-0.05, 0) is 30.9 Å².